The molecule has 0 aliphatic carbocycles. The minimum atomic E-state index is 0.0160. The summed E-state index contributed by atoms with van der Waals surface area (Å²) in [6, 6.07) is 11.9. The van der Waals surface area contributed by atoms with Crippen molar-refractivity contribution in [1.82, 2.24) is 0 Å². The highest BCUT2D eigenvalue weighted by Gasteiger charge is 2.14. The summed E-state index contributed by atoms with van der Waals surface area (Å²) < 4.78 is 10.6. The Hall–Kier alpha value is -2.14. The van der Waals surface area contributed by atoms with Gasteiger partial charge >= 0.3 is 0 Å². The van der Waals surface area contributed by atoms with Gasteiger partial charge in [0, 0.05) is 29.7 Å². The van der Waals surface area contributed by atoms with E-state index in [2.05, 4.69) is 37.4 Å². The molecule has 0 fully saturated rings. The Morgan fingerprint density at radius 3 is 2.83 bits per heavy atom. The summed E-state index contributed by atoms with van der Waals surface area (Å²) in [6.45, 7) is 4.47. The lowest BCUT2D eigenvalue weighted by molar-refractivity contribution is -0.115. The van der Waals surface area contributed by atoms with Crippen LogP contribution in [0.15, 0.2) is 36.4 Å². The molecule has 1 aliphatic rings. The van der Waals surface area contributed by atoms with Gasteiger partial charge in [-0.15, -0.1) is 0 Å². The molecule has 0 radical (unpaired) electrons. The van der Waals surface area contributed by atoms with Crippen LogP contribution in [0.1, 0.15) is 23.1 Å². The lowest BCUT2D eigenvalue weighted by Gasteiger charge is -2.08. The Morgan fingerprint density at radius 2 is 1.96 bits per heavy atom. The largest absolute Gasteiger partial charge is 0.454 e. The van der Waals surface area contributed by atoms with E-state index in [0.29, 0.717) is 12.2 Å². The van der Waals surface area contributed by atoms with Crippen LogP contribution >= 0.6 is 11.8 Å². The summed E-state index contributed by atoms with van der Waals surface area (Å²) in [4.78, 5) is 12.0. The molecule has 0 saturated carbocycles. The molecule has 2 aromatic carbocycles. The average Bonchev–Trinajstić information content (AvgIpc) is 3.02. The predicted octanol–water partition coefficient (Wildman–Crippen LogP) is 4.29. The summed E-state index contributed by atoms with van der Waals surface area (Å²) in [5.41, 5.74) is 4.66. The Morgan fingerprint density at radius 1 is 1.12 bits per heavy atom. The highest BCUT2D eigenvalue weighted by atomic mass is 32.2. The third-order valence-corrected chi connectivity index (χ3v) is 4.90. The Balaban J connectivity index is 1.43. The number of nitrogens with one attached hydrogen (secondary N) is 1. The van der Waals surface area contributed by atoms with Gasteiger partial charge in [-0.1, -0.05) is 23.8 Å². The third-order valence-electron chi connectivity index (χ3n) is 3.89. The van der Waals surface area contributed by atoms with Gasteiger partial charge in [0.25, 0.3) is 0 Å². The van der Waals surface area contributed by atoms with Gasteiger partial charge in [-0.25, -0.2) is 0 Å². The quantitative estimate of drug-likeness (QED) is 0.795. The fourth-order valence-electron chi connectivity index (χ4n) is 2.50. The lowest BCUT2D eigenvalue weighted by Crippen LogP contribution is -2.12. The summed E-state index contributed by atoms with van der Waals surface area (Å²) in [5.74, 6) is 3.14. The van der Waals surface area contributed by atoms with Gasteiger partial charge in [-0.2, -0.15) is 11.8 Å². The molecule has 1 heterocycles. The number of aryl methyl sites for hydroxylation is 2. The van der Waals surface area contributed by atoms with Gasteiger partial charge < -0.3 is 14.8 Å². The Kier molecular flexibility index (Phi) is 5.30. The van der Waals surface area contributed by atoms with E-state index in [1.807, 2.05) is 12.1 Å². The van der Waals surface area contributed by atoms with Gasteiger partial charge in [0.15, 0.2) is 11.5 Å². The molecule has 0 bridgehead atoms. The summed E-state index contributed by atoms with van der Waals surface area (Å²) in [6.07, 6.45) is 0.490. The molecule has 2 aromatic rings. The number of ether oxygens (including phenoxy) is 2. The lowest BCUT2D eigenvalue weighted by atomic mass is 10.1. The number of carbonyl (C=O) groups is 1. The number of rotatable bonds is 6. The highest BCUT2D eigenvalue weighted by molar-refractivity contribution is 7.98. The second kappa shape index (κ2) is 7.62. The van der Waals surface area contributed by atoms with Gasteiger partial charge in [0.2, 0.25) is 12.7 Å². The van der Waals surface area contributed by atoms with E-state index < -0.39 is 0 Å². The van der Waals surface area contributed by atoms with Crippen molar-refractivity contribution in [3.05, 3.63) is 53.1 Å². The van der Waals surface area contributed by atoms with Crippen molar-refractivity contribution in [3.8, 4) is 11.5 Å². The average molecular weight is 343 g/mol. The van der Waals surface area contributed by atoms with Crippen LogP contribution in [0.4, 0.5) is 5.69 Å². The zero-order valence-electron chi connectivity index (χ0n) is 13.9. The van der Waals surface area contributed by atoms with Gasteiger partial charge in [0.1, 0.15) is 0 Å². The zero-order valence-corrected chi connectivity index (χ0v) is 14.7. The van der Waals surface area contributed by atoms with Crippen LogP contribution in [-0.4, -0.2) is 18.5 Å². The van der Waals surface area contributed by atoms with Gasteiger partial charge in [-0.05, 0) is 37.1 Å². The van der Waals surface area contributed by atoms with Crippen molar-refractivity contribution >= 4 is 23.4 Å². The van der Waals surface area contributed by atoms with E-state index in [0.717, 1.165) is 22.9 Å². The Labute approximate surface area is 146 Å². The van der Waals surface area contributed by atoms with E-state index >= 15 is 0 Å². The van der Waals surface area contributed by atoms with Crippen LogP contribution in [0.3, 0.4) is 0 Å². The first kappa shape index (κ1) is 16.7. The minimum absolute atomic E-state index is 0.0160. The van der Waals surface area contributed by atoms with Crippen molar-refractivity contribution < 1.29 is 14.3 Å². The first-order valence-corrected chi connectivity index (χ1v) is 9.10. The van der Waals surface area contributed by atoms with E-state index in [-0.39, 0.29) is 12.7 Å². The number of anilines is 1. The SMILES string of the molecule is Cc1ccc(C)c(CSCCC(=O)Nc2ccc3c(c2)OCO3)c1. The van der Waals surface area contributed by atoms with Crippen molar-refractivity contribution in [2.24, 2.45) is 0 Å². The zero-order chi connectivity index (χ0) is 16.9. The van der Waals surface area contributed by atoms with Crippen molar-refractivity contribution in [2.75, 3.05) is 17.9 Å². The van der Waals surface area contributed by atoms with Crippen LogP contribution in [0.25, 0.3) is 0 Å². The maximum Gasteiger partial charge on any atom is 0.231 e. The Bertz CT molecular complexity index is 745. The normalized spacial score (nSPS) is 12.2. The number of thioether (sulfide) groups is 1. The van der Waals surface area contributed by atoms with Crippen LogP contribution in [0, 0.1) is 13.8 Å². The van der Waals surface area contributed by atoms with Crippen molar-refractivity contribution in [3.63, 3.8) is 0 Å². The number of hydrogen-bond donors (Lipinski definition) is 1. The molecule has 0 unspecified atom stereocenters. The molecule has 0 spiro atoms. The molecule has 0 aromatic heterocycles. The number of benzene rings is 2. The third kappa shape index (κ3) is 4.23. The molecule has 1 N–H and O–H groups in total. The molecule has 126 valence electrons. The molecule has 3 rings (SSSR count). The molecular weight excluding hydrogens is 322 g/mol. The van der Waals surface area contributed by atoms with Crippen LogP contribution in [0.5, 0.6) is 11.5 Å². The summed E-state index contributed by atoms with van der Waals surface area (Å²) >= 11 is 1.78. The van der Waals surface area contributed by atoms with E-state index in [1.54, 1.807) is 17.8 Å². The first-order valence-electron chi connectivity index (χ1n) is 7.95. The smallest absolute Gasteiger partial charge is 0.231 e. The number of amides is 1. The minimum Gasteiger partial charge on any atom is -0.454 e. The second-order valence-corrected chi connectivity index (χ2v) is 6.95. The maximum absolute atomic E-state index is 12.0. The van der Waals surface area contributed by atoms with E-state index in [9.17, 15) is 4.79 Å². The monoisotopic (exact) mass is 343 g/mol. The number of fused-ring (bicyclic) bond motifs is 1. The van der Waals surface area contributed by atoms with Crippen molar-refractivity contribution in [2.45, 2.75) is 26.0 Å². The highest BCUT2D eigenvalue weighted by Crippen LogP contribution is 2.34. The van der Waals surface area contributed by atoms with Crippen LogP contribution in [-0.2, 0) is 10.5 Å². The molecule has 0 atom stereocenters. The van der Waals surface area contributed by atoms with E-state index in [1.165, 1.54) is 16.7 Å². The molecule has 0 saturated heterocycles. The maximum atomic E-state index is 12.0. The fourth-order valence-corrected chi connectivity index (χ4v) is 3.51. The molecule has 5 heteroatoms. The summed E-state index contributed by atoms with van der Waals surface area (Å²) in [5, 5.41) is 2.90. The fraction of sp³-hybridized carbons (Fsp3) is 0.316. The molecule has 4 nitrogen and oxygen atoms in total. The molecule has 1 amide bonds. The predicted molar refractivity (Wildman–Crippen MR) is 97.9 cm³/mol. The second-order valence-electron chi connectivity index (χ2n) is 5.85. The van der Waals surface area contributed by atoms with Crippen molar-refractivity contribution in [1.29, 1.82) is 0 Å². The number of carbonyl (C=O) groups excluding carboxylic acids is 1. The topological polar surface area (TPSA) is 47.6 Å². The van der Waals surface area contributed by atoms with Crippen LogP contribution in [0.2, 0.25) is 0 Å². The number of hydrogen-bond acceptors (Lipinski definition) is 4. The van der Waals surface area contributed by atoms with E-state index in [4.69, 9.17) is 9.47 Å². The van der Waals surface area contributed by atoms with Gasteiger partial charge in [0.05, 0.1) is 0 Å². The molecule has 1 aliphatic heterocycles. The molecular formula is C19H21NO3S. The summed E-state index contributed by atoms with van der Waals surface area (Å²) in [7, 11) is 0. The van der Waals surface area contributed by atoms with Crippen LogP contribution < -0.4 is 14.8 Å². The molecule has 24 heavy (non-hydrogen) atoms. The standard InChI is InChI=1S/C19H21NO3S/c1-13-3-4-14(2)15(9-13)11-24-8-7-19(21)20-16-5-6-17-18(10-16)23-12-22-17/h3-6,9-10H,7-8,11-12H2,1-2H3,(H,20,21). The first-order chi connectivity index (χ1) is 11.6. The van der Waals surface area contributed by atoms with Gasteiger partial charge in [-0.3, -0.25) is 4.79 Å².